The lowest BCUT2D eigenvalue weighted by atomic mass is 10.1. The van der Waals surface area contributed by atoms with E-state index in [1.807, 2.05) is 49.1 Å². The Hall–Kier alpha value is -3.18. The molecule has 188 valence electrons. The maximum atomic E-state index is 13.9. The van der Waals surface area contributed by atoms with Crippen LogP contribution in [0.25, 0.3) is 10.9 Å². The minimum atomic E-state index is -0.717. The second-order valence-electron chi connectivity index (χ2n) is 9.47. The number of nitrogens with zero attached hydrogens (tertiary/aromatic N) is 7. The fraction of sp³-hybridized carbons (Fsp3) is 0.440. The van der Waals surface area contributed by atoms with E-state index in [0.717, 1.165) is 40.5 Å². The van der Waals surface area contributed by atoms with Gasteiger partial charge in [0, 0.05) is 24.2 Å². The fourth-order valence-corrected chi connectivity index (χ4v) is 5.16. The number of piperidine rings is 1. The van der Waals surface area contributed by atoms with Gasteiger partial charge in [0.25, 0.3) is 5.91 Å². The Bertz CT molecular complexity index is 1330. The van der Waals surface area contributed by atoms with Gasteiger partial charge in [-0.3, -0.25) is 19.2 Å². The molecule has 4 heterocycles. The maximum absolute atomic E-state index is 13.9. The second kappa shape index (κ2) is 9.70. The van der Waals surface area contributed by atoms with Gasteiger partial charge in [-0.15, -0.1) is 0 Å². The van der Waals surface area contributed by atoms with E-state index in [0.29, 0.717) is 30.7 Å². The summed E-state index contributed by atoms with van der Waals surface area (Å²) in [6, 6.07) is 6.60. The van der Waals surface area contributed by atoms with E-state index in [-0.39, 0.29) is 18.5 Å². The average Bonchev–Trinajstić information content (AvgIpc) is 3.24. The molecule has 36 heavy (non-hydrogen) atoms. The van der Waals surface area contributed by atoms with Crippen molar-refractivity contribution in [2.24, 2.45) is 10.7 Å². The molecule has 10 nitrogen and oxygen atoms in total. The van der Waals surface area contributed by atoms with E-state index in [1.54, 1.807) is 7.05 Å². The third kappa shape index (κ3) is 4.41. The van der Waals surface area contributed by atoms with E-state index in [4.69, 9.17) is 10.7 Å². The van der Waals surface area contributed by atoms with Gasteiger partial charge in [0.2, 0.25) is 11.9 Å². The number of rotatable bonds is 4. The summed E-state index contributed by atoms with van der Waals surface area (Å²) in [5, 5.41) is 0.946. The van der Waals surface area contributed by atoms with E-state index < -0.39 is 12.1 Å². The Morgan fingerprint density at radius 3 is 2.81 bits per heavy atom. The standard InChI is InChI=1S/C25H30BrN8O2/c1-15(26)10-12-33-21-22(30-24(33)32-11-6-7-17(27)13-32)31(3)25(36)34(23(21)35)14-20-28-16(2)18-8-4-5-9-19(18)29-20/h4-5,8-10,17,21H,6-7,11-14,27H2,1-3H3/q+1/b15-10+/t17-,21?/m1/s1. The first-order valence-corrected chi connectivity index (χ1v) is 12.9. The highest BCUT2D eigenvalue weighted by atomic mass is 79.9. The third-order valence-corrected chi connectivity index (χ3v) is 7.16. The number of aryl methyl sites for hydroxylation is 1. The van der Waals surface area contributed by atoms with Crippen molar-refractivity contribution in [2.75, 3.05) is 26.7 Å². The predicted molar refractivity (Wildman–Crippen MR) is 141 cm³/mol. The molecule has 2 N–H and O–H groups in total. The number of carbonyl (C=O) groups excluding carboxylic acids is 2. The number of para-hydroxylation sites is 1. The van der Waals surface area contributed by atoms with Crippen LogP contribution in [0, 0.1) is 6.92 Å². The molecule has 2 aromatic rings. The monoisotopic (exact) mass is 553 g/mol. The summed E-state index contributed by atoms with van der Waals surface area (Å²) >= 11 is 3.49. The molecule has 1 unspecified atom stereocenters. The van der Waals surface area contributed by atoms with Crippen LogP contribution < -0.4 is 5.73 Å². The zero-order valence-electron chi connectivity index (χ0n) is 20.7. The summed E-state index contributed by atoms with van der Waals surface area (Å²) in [7, 11) is 1.66. The Labute approximate surface area is 218 Å². The number of halogens is 1. The van der Waals surface area contributed by atoms with Crippen molar-refractivity contribution < 1.29 is 14.2 Å². The zero-order valence-corrected chi connectivity index (χ0v) is 22.3. The number of imide groups is 1. The smallest absolute Gasteiger partial charge is 0.325 e. The molecule has 0 radical (unpaired) electrons. The van der Waals surface area contributed by atoms with E-state index in [1.165, 1.54) is 9.80 Å². The summed E-state index contributed by atoms with van der Waals surface area (Å²) < 4.78 is 3.08. The first-order valence-electron chi connectivity index (χ1n) is 12.1. The van der Waals surface area contributed by atoms with Gasteiger partial charge in [0.1, 0.15) is 5.82 Å². The lowest BCUT2D eigenvalue weighted by molar-refractivity contribution is -0.544. The van der Waals surface area contributed by atoms with Crippen LogP contribution in [0.1, 0.15) is 31.3 Å². The number of fused-ring (bicyclic) bond motifs is 2. The highest BCUT2D eigenvalue weighted by Gasteiger charge is 2.56. The topological polar surface area (TPSA) is 111 Å². The van der Waals surface area contributed by atoms with Gasteiger partial charge in [0.05, 0.1) is 31.7 Å². The van der Waals surface area contributed by atoms with Crippen LogP contribution in [0.4, 0.5) is 4.79 Å². The minimum absolute atomic E-state index is 0.0114. The number of allylic oxidation sites excluding steroid dienone is 1. The molecule has 0 saturated carbocycles. The summed E-state index contributed by atoms with van der Waals surface area (Å²) in [5.74, 6) is 1.21. The number of likely N-dealkylation sites (N-methyl/N-ethyl adjacent to an activating group) is 1. The molecule has 3 aliphatic rings. The lowest BCUT2D eigenvalue weighted by Gasteiger charge is -2.34. The highest BCUT2D eigenvalue weighted by molar-refractivity contribution is 9.11. The summed E-state index contributed by atoms with van der Waals surface area (Å²) in [5.41, 5.74) is 7.84. The third-order valence-electron chi connectivity index (χ3n) is 6.84. The molecular formula is C25H30BrN8O2+. The minimum Gasteiger partial charge on any atom is -0.325 e. The van der Waals surface area contributed by atoms with Crippen LogP contribution in [-0.2, 0) is 11.3 Å². The molecule has 5 rings (SSSR count). The van der Waals surface area contributed by atoms with Crippen LogP contribution in [0.5, 0.6) is 0 Å². The predicted octanol–water partition coefficient (Wildman–Crippen LogP) is 2.20. The molecule has 3 aliphatic heterocycles. The quantitative estimate of drug-likeness (QED) is 0.581. The molecular weight excluding hydrogens is 524 g/mol. The van der Waals surface area contributed by atoms with Crippen molar-refractivity contribution in [3.8, 4) is 0 Å². The molecule has 0 bridgehead atoms. The van der Waals surface area contributed by atoms with Gasteiger partial charge >= 0.3 is 12.0 Å². The van der Waals surface area contributed by atoms with Crippen molar-refractivity contribution in [1.29, 1.82) is 0 Å². The zero-order chi connectivity index (χ0) is 25.6. The van der Waals surface area contributed by atoms with Crippen molar-refractivity contribution in [3.05, 3.63) is 46.3 Å². The number of guanidine groups is 1. The summed E-state index contributed by atoms with van der Waals surface area (Å²) in [6.45, 7) is 5.76. The largest absolute Gasteiger partial charge is 0.392 e. The van der Waals surface area contributed by atoms with Crippen LogP contribution >= 0.6 is 15.9 Å². The second-order valence-corrected chi connectivity index (χ2v) is 10.7. The van der Waals surface area contributed by atoms with E-state index in [9.17, 15) is 9.59 Å². The first-order chi connectivity index (χ1) is 17.2. The normalized spacial score (nSPS) is 25.1. The van der Waals surface area contributed by atoms with Gasteiger partial charge in [0.15, 0.2) is 0 Å². The van der Waals surface area contributed by atoms with Crippen LogP contribution in [0.2, 0.25) is 0 Å². The lowest BCUT2D eigenvalue weighted by Crippen LogP contribution is -2.63. The number of benzene rings is 1. The number of urea groups is 1. The van der Waals surface area contributed by atoms with E-state index in [2.05, 4.69) is 30.5 Å². The molecule has 11 heteroatoms. The molecule has 1 aromatic carbocycles. The number of hydrogen-bond donors (Lipinski definition) is 1. The van der Waals surface area contributed by atoms with Gasteiger partial charge < -0.3 is 5.73 Å². The number of nitrogens with two attached hydrogens (primary N) is 1. The van der Waals surface area contributed by atoms with Crippen LogP contribution in [0.3, 0.4) is 0 Å². The fourth-order valence-electron chi connectivity index (χ4n) is 5.01. The Kier molecular flexibility index (Phi) is 6.60. The van der Waals surface area contributed by atoms with Crippen LogP contribution in [0.15, 0.2) is 39.8 Å². The van der Waals surface area contributed by atoms with Gasteiger partial charge in [-0.1, -0.05) is 39.1 Å². The molecule has 1 aromatic heterocycles. The summed E-state index contributed by atoms with van der Waals surface area (Å²) in [6.07, 6.45) is 3.90. The Morgan fingerprint density at radius 2 is 2.06 bits per heavy atom. The number of hydrogen-bond acceptors (Lipinski definition) is 5. The van der Waals surface area contributed by atoms with Crippen molar-refractivity contribution in [2.45, 2.75) is 45.3 Å². The van der Waals surface area contributed by atoms with Crippen LogP contribution in [-0.4, -0.2) is 91.7 Å². The molecule has 2 saturated heterocycles. The van der Waals surface area contributed by atoms with Crippen molar-refractivity contribution in [3.63, 3.8) is 0 Å². The number of amides is 3. The van der Waals surface area contributed by atoms with Gasteiger partial charge in [-0.05, 0) is 43.3 Å². The number of aromatic nitrogens is 2. The van der Waals surface area contributed by atoms with Crippen molar-refractivity contribution in [1.82, 2.24) is 24.7 Å². The highest BCUT2D eigenvalue weighted by Crippen LogP contribution is 2.26. The van der Waals surface area contributed by atoms with Gasteiger partial charge in [-0.2, -0.15) is 0 Å². The molecule has 2 fully saturated rings. The average molecular weight is 554 g/mol. The first kappa shape index (κ1) is 24.5. The Morgan fingerprint density at radius 1 is 1.28 bits per heavy atom. The maximum Gasteiger partial charge on any atom is 0.392 e. The molecule has 3 amide bonds. The van der Waals surface area contributed by atoms with E-state index >= 15 is 0 Å². The Balaban J connectivity index is 1.52. The van der Waals surface area contributed by atoms with Gasteiger partial charge in [-0.25, -0.2) is 19.7 Å². The molecule has 2 atom stereocenters. The van der Waals surface area contributed by atoms with Crippen molar-refractivity contribution >= 4 is 50.6 Å². The number of aliphatic imine (C=N–C) groups is 1. The number of amidine groups is 1. The molecule has 0 aliphatic carbocycles. The molecule has 0 spiro atoms. The number of carbonyl (C=O) groups is 2. The SMILES string of the molecule is C/C(Br)=C\CN1C(=[N+]2CCC[C@@H](N)C2)N=C2C1C(=O)N(Cc1nc(C)c3ccccc3n1)C(=O)N2C. The summed E-state index contributed by atoms with van der Waals surface area (Å²) in [4.78, 5) is 45.9.